The first kappa shape index (κ1) is 16.5. The first-order valence-electron chi connectivity index (χ1n) is 8.72. The fraction of sp³-hybridized carbons (Fsp3) is 0.250. The van der Waals surface area contributed by atoms with Crippen molar-refractivity contribution in [2.45, 2.75) is 25.4 Å². The molecule has 1 aromatic heterocycles. The second kappa shape index (κ2) is 6.72. The van der Waals surface area contributed by atoms with E-state index in [1.807, 2.05) is 42.5 Å². The van der Waals surface area contributed by atoms with E-state index >= 15 is 0 Å². The van der Waals surface area contributed by atoms with Gasteiger partial charge >= 0.3 is 0 Å². The van der Waals surface area contributed by atoms with Gasteiger partial charge in [0.05, 0.1) is 18.3 Å². The third-order valence-corrected chi connectivity index (χ3v) is 4.78. The molecule has 132 valence electrons. The Kier molecular flexibility index (Phi) is 4.26. The number of amides is 1. The Morgan fingerprint density at radius 1 is 1.15 bits per heavy atom. The fourth-order valence-electron chi connectivity index (χ4n) is 3.54. The summed E-state index contributed by atoms with van der Waals surface area (Å²) in [6.45, 7) is 0.932. The maximum atomic E-state index is 12.9. The highest BCUT2D eigenvalue weighted by Gasteiger charge is 2.26. The molecule has 6 nitrogen and oxygen atoms in total. The maximum absolute atomic E-state index is 12.9. The van der Waals surface area contributed by atoms with E-state index in [0.717, 1.165) is 23.2 Å². The van der Waals surface area contributed by atoms with E-state index in [9.17, 15) is 9.59 Å². The average Bonchev–Trinajstić information content (AvgIpc) is 2.67. The molecule has 1 atom stereocenters. The number of anilines is 1. The number of carbonyl (C=O) groups is 1. The largest absolute Gasteiger partial charge is 0.326 e. The van der Waals surface area contributed by atoms with E-state index < -0.39 is 0 Å². The van der Waals surface area contributed by atoms with Crippen molar-refractivity contribution in [3.63, 3.8) is 0 Å². The topological polar surface area (TPSA) is 81.2 Å². The SMILES string of the molecule is NC1Cc2ccccc2N(C(=O)CCn2ncc(=O)c3ccccc32)C1. The quantitative estimate of drug-likeness (QED) is 0.781. The van der Waals surface area contributed by atoms with Crippen molar-refractivity contribution in [2.75, 3.05) is 11.4 Å². The number of aromatic nitrogens is 2. The molecule has 0 aliphatic carbocycles. The van der Waals surface area contributed by atoms with Gasteiger partial charge < -0.3 is 10.6 Å². The molecule has 1 unspecified atom stereocenters. The minimum absolute atomic E-state index is 0.0113. The van der Waals surface area contributed by atoms with Crippen LogP contribution in [0, 0.1) is 0 Å². The third kappa shape index (κ3) is 2.99. The van der Waals surface area contributed by atoms with Gasteiger partial charge in [0, 0.05) is 30.1 Å². The first-order chi connectivity index (χ1) is 12.6. The molecule has 0 bridgehead atoms. The number of para-hydroxylation sites is 2. The zero-order valence-electron chi connectivity index (χ0n) is 14.3. The lowest BCUT2D eigenvalue weighted by atomic mass is 9.98. The summed E-state index contributed by atoms with van der Waals surface area (Å²) >= 11 is 0. The van der Waals surface area contributed by atoms with E-state index in [2.05, 4.69) is 5.10 Å². The molecular formula is C20H20N4O2. The summed E-state index contributed by atoms with van der Waals surface area (Å²) in [5.74, 6) is 0.0113. The number of rotatable bonds is 3. The van der Waals surface area contributed by atoms with E-state index in [4.69, 9.17) is 5.73 Å². The van der Waals surface area contributed by atoms with E-state index in [1.54, 1.807) is 15.6 Å². The number of hydrogen-bond acceptors (Lipinski definition) is 4. The van der Waals surface area contributed by atoms with Gasteiger partial charge in [-0.2, -0.15) is 5.10 Å². The molecule has 4 rings (SSSR count). The van der Waals surface area contributed by atoms with Crippen LogP contribution in [0.5, 0.6) is 0 Å². The molecule has 0 saturated carbocycles. The number of carbonyl (C=O) groups excluding carboxylic acids is 1. The number of nitrogens with two attached hydrogens (primary N) is 1. The van der Waals surface area contributed by atoms with Crippen LogP contribution in [0.2, 0.25) is 0 Å². The zero-order valence-corrected chi connectivity index (χ0v) is 14.3. The minimum Gasteiger partial charge on any atom is -0.326 e. The normalized spacial score (nSPS) is 16.5. The highest BCUT2D eigenvalue weighted by molar-refractivity contribution is 5.94. The molecule has 2 aromatic carbocycles. The van der Waals surface area contributed by atoms with Crippen LogP contribution >= 0.6 is 0 Å². The Hall–Kier alpha value is -2.99. The Labute approximate surface area is 150 Å². The lowest BCUT2D eigenvalue weighted by Gasteiger charge is -2.33. The van der Waals surface area contributed by atoms with Crippen LogP contribution in [-0.4, -0.2) is 28.3 Å². The third-order valence-electron chi connectivity index (χ3n) is 4.78. The van der Waals surface area contributed by atoms with Gasteiger partial charge in [0.1, 0.15) is 0 Å². The predicted molar refractivity (Wildman–Crippen MR) is 101 cm³/mol. The number of fused-ring (bicyclic) bond motifs is 2. The molecule has 2 heterocycles. The predicted octanol–water partition coefficient (Wildman–Crippen LogP) is 1.70. The molecule has 0 saturated heterocycles. The molecule has 26 heavy (non-hydrogen) atoms. The molecule has 1 aliphatic heterocycles. The summed E-state index contributed by atoms with van der Waals surface area (Å²) in [6, 6.07) is 15.1. The van der Waals surface area contributed by atoms with Crippen LogP contribution in [0.25, 0.3) is 10.9 Å². The Balaban J connectivity index is 1.57. The highest BCUT2D eigenvalue weighted by Crippen LogP contribution is 2.27. The first-order valence-corrected chi connectivity index (χ1v) is 8.72. The van der Waals surface area contributed by atoms with Gasteiger partial charge in [-0.05, 0) is 30.2 Å². The van der Waals surface area contributed by atoms with Crippen LogP contribution < -0.4 is 16.1 Å². The summed E-state index contributed by atoms with van der Waals surface area (Å²) in [4.78, 5) is 26.5. The monoisotopic (exact) mass is 348 g/mol. The summed E-state index contributed by atoms with van der Waals surface area (Å²) in [5.41, 5.74) is 8.80. The van der Waals surface area contributed by atoms with Crippen molar-refractivity contribution in [3.8, 4) is 0 Å². The van der Waals surface area contributed by atoms with Gasteiger partial charge in [0.2, 0.25) is 11.3 Å². The van der Waals surface area contributed by atoms with E-state index in [-0.39, 0.29) is 17.4 Å². The van der Waals surface area contributed by atoms with Crippen molar-refractivity contribution >= 4 is 22.5 Å². The van der Waals surface area contributed by atoms with Crippen molar-refractivity contribution in [1.29, 1.82) is 0 Å². The number of aryl methyl sites for hydroxylation is 1. The maximum Gasteiger partial charge on any atom is 0.228 e. The van der Waals surface area contributed by atoms with Crippen LogP contribution in [0.4, 0.5) is 5.69 Å². The molecule has 1 aliphatic rings. The standard InChI is InChI=1S/C20H20N4O2/c21-15-11-14-5-1-3-7-17(14)23(13-15)20(26)9-10-24-18-8-4-2-6-16(18)19(25)12-22-24/h1-8,12,15H,9-11,13,21H2. The van der Waals surface area contributed by atoms with E-state index in [0.29, 0.717) is 24.9 Å². The van der Waals surface area contributed by atoms with Gasteiger partial charge in [-0.1, -0.05) is 30.3 Å². The second-order valence-electron chi connectivity index (χ2n) is 6.60. The van der Waals surface area contributed by atoms with Gasteiger partial charge in [0.25, 0.3) is 0 Å². The van der Waals surface area contributed by atoms with Crippen molar-refractivity contribution in [3.05, 3.63) is 70.5 Å². The van der Waals surface area contributed by atoms with Crippen molar-refractivity contribution in [2.24, 2.45) is 5.73 Å². The number of benzene rings is 2. The van der Waals surface area contributed by atoms with Gasteiger partial charge in [-0.15, -0.1) is 0 Å². The summed E-state index contributed by atoms with van der Waals surface area (Å²) in [7, 11) is 0. The van der Waals surface area contributed by atoms with Crippen molar-refractivity contribution in [1.82, 2.24) is 9.78 Å². The summed E-state index contributed by atoms with van der Waals surface area (Å²) in [5, 5.41) is 4.80. The Morgan fingerprint density at radius 3 is 2.81 bits per heavy atom. The molecule has 0 fully saturated rings. The molecule has 1 amide bonds. The van der Waals surface area contributed by atoms with Gasteiger partial charge in [-0.25, -0.2) is 0 Å². The molecule has 2 N–H and O–H groups in total. The van der Waals surface area contributed by atoms with Crippen LogP contribution in [0.3, 0.4) is 0 Å². The summed E-state index contributed by atoms with van der Waals surface area (Å²) in [6.07, 6.45) is 2.38. The van der Waals surface area contributed by atoms with Gasteiger partial charge in [-0.3, -0.25) is 14.3 Å². The van der Waals surface area contributed by atoms with E-state index in [1.165, 1.54) is 6.20 Å². The molecule has 0 spiro atoms. The molecule has 6 heteroatoms. The Bertz CT molecular complexity index is 1030. The summed E-state index contributed by atoms with van der Waals surface area (Å²) < 4.78 is 1.71. The lowest BCUT2D eigenvalue weighted by molar-refractivity contribution is -0.119. The number of hydrogen-bond donors (Lipinski definition) is 1. The second-order valence-corrected chi connectivity index (χ2v) is 6.60. The molecular weight excluding hydrogens is 328 g/mol. The lowest BCUT2D eigenvalue weighted by Crippen LogP contribution is -2.46. The molecule has 0 radical (unpaired) electrons. The average molecular weight is 348 g/mol. The Morgan fingerprint density at radius 2 is 1.92 bits per heavy atom. The van der Waals surface area contributed by atoms with Crippen LogP contribution in [0.15, 0.2) is 59.5 Å². The van der Waals surface area contributed by atoms with Crippen molar-refractivity contribution < 1.29 is 4.79 Å². The zero-order chi connectivity index (χ0) is 18.1. The minimum atomic E-state index is -0.112. The highest BCUT2D eigenvalue weighted by atomic mass is 16.2. The number of nitrogens with zero attached hydrogens (tertiary/aromatic N) is 3. The van der Waals surface area contributed by atoms with Gasteiger partial charge in [0.15, 0.2) is 0 Å². The fourth-order valence-corrected chi connectivity index (χ4v) is 3.54. The molecule has 3 aromatic rings. The van der Waals surface area contributed by atoms with Crippen LogP contribution in [0.1, 0.15) is 12.0 Å². The smallest absolute Gasteiger partial charge is 0.228 e. The van der Waals surface area contributed by atoms with Crippen LogP contribution in [-0.2, 0) is 17.8 Å².